The Kier molecular flexibility index (Phi) is 4.36. The molecule has 1 unspecified atom stereocenters. The molecule has 0 saturated heterocycles. The fourth-order valence-electron chi connectivity index (χ4n) is 1.68. The molecule has 0 bridgehead atoms. The number of benzene rings is 2. The molecule has 2 aromatic carbocycles. The van der Waals surface area contributed by atoms with Crippen molar-refractivity contribution in [3.8, 4) is 0 Å². The van der Waals surface area contributed by atoms with E-state index in [1.54, 1.807) is 30.3 Å². The monoisotopic (exact) mass is 310 g/mol. The van der Waals surface area contributed by atoms with Crippen LogP contribution < -0.4 is 5.73 Å². The SMILES string of the molecule is Nc1ccc(Cl)c(S(=O)Cc2cccc([N+](=O)[O-])c2)c1. The molecule has 7 heteroatoms. The van der Waals surface area contributed by atoms with Crippen LogP contribution in [0, 0.1) is 10.1 Å². The van der Waals surface area contributed by atoms with Crippen molar-refractivity contribution in [1.29, 1.82) is 0 Å². The molecule has 0 fully saturated rings. The van der Waals surface area contributed by atoms with Gasteiger partial charge in [0.1, 0.15) is 0 Å². The number of nitrogens with zero attached hydrogens (tertiary/aromatic N) is 1. The highest BCUT2D eigenvalue weighted by Crippen LogP contribution is 2.25. The lowest BCUT2D eigenvalue weighted by atomic mass is 10.2. The Morgan fingerprint density at radius 3 is 2.70 bits per heavy atom. The largest absolute Gasteiger partial charge is 0.399 e. The summed E-state index contributed by atoms with van der Waals surface area (Å²) in [7, 11) is -1.41. The van der Waals surface area contributed by atoms with Crippen molar-refractivity contribution in [2.75, 3.05) is 5.73 Å². The zero-order valence-electron chi connectivity index (χ0n) is 10.3. The third kappa shape index (κ3) is 3.34. The minimum absolute atomic E-state index is 0.0295. The first-order chi connectivity index (χ1) is 9.47. The van der Waals surface area contributed by atoms with Gasteiger partial charge in [0.05, 0.1) is 31.4 Å². The summed E-state index contributed by atoms with van der Waals surface area (Å²) in [5, 5.41) is 11.1. The van der Waals surface area contributed by atoms with Crippen LogP contribution in [0.4, 0.5) is 11.4 Å². The molecule has 0 heterocycles. The van der Waals surface area contributed by atoms with Crippen LogP contribution in [-0.4, -0.2) is 9.13 Å². The summed E-state index contributed by atoms with van der Waals surface area (Å²) in [5.74, 6) is 0.144. The van der Waals surface area contributed by atoms with Gasteiger partial charge in [-0.05, 0) is 23.8 Å². The molecule has 0 aromatic heterocycles. The lowest BCUT2D eigenvalue weighted by Gasteiger charge is -2.06. The Balaban J connectivity index is 2.25. The van der Waals surface area contributed by atoms with Crippen LogP contribution in [0.1, 0.15) is 5.56 Å². The molecular formula is C13H11ClN2O3S. The third-order valence-corrected chi connectivity index (χ3v) is 4.49. The van der Waals surface area contributed by atoms with Crippen molar-refractivity contribution in [3.05, 3.63) is 63.2 Å². The number of rotatable bonds is 4. The molecule has 2 aromatic rings. The molecule has 0 saturated carbocycles. The second-order valence-electron chi connectivity index (χ2n) is 4.11. The fraction of sp³-hybridized carbons (Fsp3) is 0.0769. The molecule has 2 rings (SSSR count). The van der Waals surface area contributed by atoms with Crippen molar-refractivity contribution in [2.45, 2.75) is 10.6 Å². The molecule has 0 aliphatic heterocycles. The smallest absolute Gasteiger partial charge is 0.269 e. The van der Waals surface area contributed by atoms with Crippen LogP contribution in [0.2, 0.25) is 5.02 Å². The molecule has 0 radical (unpaired) electrons. The molecule has 1 atom stereocenters. The topological polar surface area (TPSA) is 86.2 Å². The molecule has 0 amide bonds. The van der Waals surface area contributed by atoms with Gasteiger partial charge >= 0.3 is 0 Å². The summed E-state index contributed by atoms with van der Waals surface area (Å²) < 4.78 is 12.3. The normalized spacial score (nSPS) is 12.1. The molecule has 0 aliphatic carbocycles. The molecule has 5 nitrogen and oxygen atoms in total. The number of anilines is 1. The van der Waals surface area contributed by atoms with E-state index in [1.807, 2.05) is 0 Å². The van der Waals surface area contributed by atoms with Crippen molar-refractivity contribution < 1.29 is 9.13 Å². The first kappa shape index (κ1) is 14.5. The van der Waals surface area contributed by atoms with Gasteiger partial charge in [-0.15, -0.1) is 0 Å². The molecule has 0 spiro atoms. The molecular weight excluding hydrogens is 300 g/mol. The number of hydrogen-bond acceptors (Lipinski definition) is 4. The predicted molar refractivity (Wildman–Crippen MR) is 79.1 cm³/mol. The van der Waals surface area contributed by atoms with Crippen LogP contribution in [-0.2, 0) is 16.6 Å². The van der Waals surface area contributed by atoms with E-state index >= 15 is 0 Å². The van der Waals surface area contributed by atoms with Gasteiger partial charge in [-0.25, -0.2) is 0 Å². The van der Waals surface area contributed by atoms with Crippen molar-refractivity contribution in [3.63, 3.8) is 0 Å². The molecule has 2 N–H and O–H groups in total. The van der Waals surface area contributed by atoms with Gasteiger partial charge in [0, 0.05) is 17.8 Å². The van der Waals surface area contributed by atoms with Crippen molar-refractivity contribution in [2.24, 2.45) is 0 Å². The maximum Gasteiger partial charge on any atom is 0.269 e. The number of nitrogens with two attached hydrogens (primary N) is 1. The summed E-state index contributed by atoms with van der Waals surface area (Å²) in [6.45, 7) is 0. The van der Waals surface area contributed by atoms with Gasteiger partial charge in [-0.3, -0.25) is 14.3 Å². The highest BCUT2D eigenvalue weighted by Gasteiger charge is 2.12. The van der Waals surface area contributed by atoms with Crippen LogP contribution in [0.3, 0.4) is 0 Å². The van der Waals surface area contributed by atoms with Gasteiger partial charge in [0.15, 0.2) is 0 Å². The average molecular weight is 311 g/mol. The second kappa shape index (κ2) is 6.02. The predicted octanol–water partition coefficient (Wildman–Crippen LogP) is 3.14. The average Bonchev–Trinajstić information content (AvgIpc) is 2.41. The summed E-state index contributed by atoms with van der Waals surface area (Å²) in [6.07, 6.45) is 0. The summed E-state index contributed by atoms with van der Waals surface area (Å²) in [6, 6.07) is 10.8. The fourth-order valence-corrected chi connectivity index (χ4v) is 3.25. The minimum Gasteiger partial charge on any atom is -0.399 e. The Labute approximate surface area is 123 Å². The van der Waals surface area contributed by atoms with Crippen LogP contribution in [0.15, 0.2) is 47.4 Å². The van der Waals surface area contributed by atoms with E-state index in [1.165, 1.54) is 12.1 Å². The van der Waals surface area contributed by atoms with Gasteiger partial charge < -0.3 is 5.73 Å². The van der Waals surface area contributed by atoms with Gasteiger partial charge in [0.2, 0.25) is 0 Å². The number of non-ortho nitro benzene ring substituents is 1. The molecule has 20 heavy (non-hydrogen) atoms. The quantitative estimate of drug-likeness (QED) is 0.534. The van der Waals surface area contributed by atoms with Crippen LogP contribution in [0.5, 0.6) is 0 Å². The Bertz CT molecular complexity index is 691. The molecule has 0 aliphatic rings. The third-order valence-electron chi connectivity index (χ3n) is 2.62. The van der Waals surface area contributed by atoms with E-state index in [2.05, 4.69) is 0 Å². The summed E-state index contributed by atoms with van der Waals surface area (Å²) in [5.41, 5.74) is 6.69. The first-order valence-corrected chi connectivity index (χ1v) is 7.34. The number of nitro benzene ring substituents is 1. The van der Waals surface area contributed by atoms with Crippen LogP contribution >= 0.6 is 11.6 Å². The van der Waals surface area contributed by atoms with Gasteiger partial charge in [-0.2, -0.15) is 0 Å². The number of nitrogen functional groups attached to an aromatic ring is 1. The second-order valence-corrected chi connectivity index (χ2v) is 5.93. The Morgan fingerprint density at radius 1 is 1.25 bits per heavy atom. The maximum atomic E-state index is 12.3. The van der Waals surface area contributed by atoms with Gasteiger partial charge in [0.25, 0.3) is 5.69 Å². The number of halogens is 1. The van der Waals surface area contributed by atoms with E-state index in [4.69, 9.17) is 17.3 Å². The van der Waals surface area contributed by atoms with E-state index in [-0.39, 0.29) is 11.4 Å². The van der Waals surface area contributed by atoms with E-state index in [9.17, 15) is 14.3 Å². The Hall–Kier alpha value is -1.92. The Morgan fingerprint density at radius 2 is 2.00 bits per heavy atom. The maximum absolute atomic E-state index is 12.3. The zero-order valence-corrected chi connectivity index (χ0v) is 11.9. The van der Waals surface area contributed by atoms with Crippen LogP contribution in [0.25, 0.3) is 0 Å². The van der Waals surface area contributed by atoms with E-state index in [0.717, 1.165) is 0 Å². The summed E-state index contributed by atoms with van der Waals surface area (Å²) >= 11 is 5.98. The lowest BCUT2D eigenvalue weighted by Crippen LogP contribution is -1.99. The van der Waals surface area contributed by atoms with Crippen molar-refractivity contribution in [1.82, 2.24) is 0 Å². The lowest BCUT2D eigenvalue weighted by molar-refractivity contribution is -0.384. The number of hydrogen-bond donors (Lipinski definition) is 1. The standard InChI is InChI=1S/C13H11ClN2O3S/c14-12-5-4-10(15)7-13(12)20(19)8-9-2-1-3-11(6-9)16(17)18/h1-7H,8,15H2. The zero-order chi connectivity index (χ0) is 14.7. The first-order valence-electron chi connectivity index (χ1n) is 5.64. The minimum atomic E-state index is -1.41. The van der Waals surface area contributed by atoms with E-state index < -0.39 is 15.7 Å². The van der Waals surface area contributed by atoms with E-state index in [0.29, 0.717) is 21.2 Å². The summed E-state index contributed by atoms with van der Waals surface area (Å²) in [4.78, 5) is 10.6. The van der Waals surface area contributed by atoms with Gasteiger partial charge in [-0.1, -0.05) is 23.7 Å². The highest BCUT2D eigenvalue weighted by atomic mass is 35.5. The number of nitro groups is 1. The highest BCUT2D eigenvalue weighted by molar-refractivity contribution is 7.84. The van der Waals surface area contributed by atoms with Crippen molar-refractivity contribution >= 4 is 33.8 Å². The molecule has 104 valence electrons.